The molecule has 7 heteroatoms. The number of nitrogens with one attached hydrogen (secondary N) is 2. The van der Waals surface area contributed by atoms with Gasteiger partial charge in [-0.15, -0.1) is 0 Å². The van der Waals surface area contributed by atoms with Gasteiger partial charge in [0.25, 0.3) is 5.91 Å². The highest BCUT2D eigenvalue weighted by atomic mass is 16.5. The van der Waals surface area contributed by atoms with Gasteiger partial charge in [0.1, 0.15) is 6.04 Å². The predicted molar refractivity (Wildman–Crippen MR) is 129 cm³/mol. The molecule has 7 nitrogen and oxygen atoms in total. The Kier molecular flexibility index (Phi) is 7.63. The Labute approximate surface area is 202 Å². The first-order valence-corrected chi connectivity index (χ1v) is 12.2. The number of piperidine rings is 1. The van der Waals surface area contributed by atoms with Gasteiger partial charge in [-0.1, -0.05) is 43.2 Å². The second-order valence-corrected chi connectivity index (χ2v) is 9.49. The number of methoxy groups -OCH3 is 3. The Morgan fingerprint density at radius 1 is 1.06 bits per heavy atom. The van der Waals surface area contributed by atoms with Crippen molar-refractivity contribution < 1.29 is 29.0 Å². The Morgan fingerprint density at radius 2 is 1.76 bits per heavy atom. The van der Waals surface area contributed by atoms with Gasteiger partial charge in [0, 0.05) is 24.4 Å². The Balaban J connectivity index is 1.62. The standard InChI is InChI=1S/C27H36N2O5/c1-32-22-15-20(16-23(33-2)26(22)34-3)25-21-11-7-8-12-27(21,31)13-14-29(25)18-24(30)28-17-19-9-5-4-6-10-19/h4-6,9-10,15-16,21,25,31H,7-8,11-14,17-18H2,1-3H3,(H,28,30)/p+1/t21-,25+,27-/m1/s1. The molecule has 0 aromatic heterocycles. The molecule has 4 atom stereocenters. The van der Waals surface area contributed by atoms with Gasteiger partial charge in [-0.3, -0.25) is 4.79 Å². The molecule has 1 saturated carbocycles. The Morgan fingerprint density at radius 3 is 2.41 bits per heavy atom. The first-order valence-electron chi connectivity index (χ1n) is 12.2. The average Bonchev–Trinajstić information content (AvgIpc) is 2.87. The lowest BCUT2D eigenvalue weighted by Crippen LogP contribution is -3.16. The minimum absolute atomic E-state index is 0.0116. The number of rotatable bonds is 8. The van der Waals surface area contributed by atoms with Gasteiger partial charge in [-0.25, -0.2) is 0 Å². The summed E-state index contributed by atoms with van der Waals surface area (Å²) < 4.78 is 16.8. The summed E-state index contributed by atoms with van der Waals surface area (Å²) in [5.74, 6) is 1.81. The number of ether oxygens (including phenoxy) is 3. The van der Waals surface area contributed by atoms with E-state index >= 15 is 0 Å². The first kappa shape index (κ1) is 24.4. The second kappa shape index (κ2) is 10.7. The first-order chi connectivity index (χ1) is 16.5. The van der Waals surface area contributed by atoms with Gasteiger partial charge in [0.15, 0.2) is 18.0 Å². The average molecular weight is 470 g/mol. The molecule has 1 unspecified atom stereocenters. The van der Waals surface area contributed by atoms with Crippen molar-refractivity contribution in [2.75, 3.05) is 34.4 Å². The van der Waals surface area contributed by atoms with Crippen molar-refractivity contribution in [1.29, 1.82) is 0 Å². The number of fused-ring (bicyclic) bond motifs is 1. The summed E-state index contributed by atoms with van der Waals surface area (Å²) in [5.41, 5.74) is 1.38. The molecule has 0 spiro atoms. The van der Waals surface area contributed by atoms with Crippen molar-refractivity contribution in [2.45, 2.75) is 50.3 Å². The van der Waals surface area contributed by atoms with Crippen LogP contribution in [-0.4, -0.2) is 51.0 Å². The third kappa shape index (κ3) is 5.00. The summed E-state index contributed by atoms with van der Waals surface area (Å²) in [7, 11) is 4.82. The van der Waals surface area contributed by atoms with Crippen molar-refractivity contribution >= 4 is 5.91 Å². The summed E-state index contributed by atoms with van der Waals surface area (Å²) in [5, 5.41) is 14.7. The maximum atomic E-state index is 13.0. The number of hydrogen-bond acceptors (Lipinski definition) is 5. The third-order valence-corrected chi connectivity index (χ3v) is 7.55. The van der Waals surface area contributed by atoms with E-state index in [4.69, 9.17) is 14.2 Å². The van der Waals surface area contributed by atoms with Crippen molar-refractivity contribution in [3.8, 4) is 17.2 Å². The highest BCUT2D eigenvalue weighted by molar-refractivity contribution is 5.76. The molecule has 2 aliphatic rings. The van der Waals surface area contributed by atoms with Crippen LogP contribution >= 0.6 is 0 Å². The van der Waals surface area contributed by atoms with Gasteiger partial charge in [0.2, 0.25) is 5.75 Å². The fourth-order valence-electron chi connectivity index (χ4n) is 5.87. The fraction of sp³-hybridized carbons (Fsp3) is 0.519. The van der Waals surface area contributed by atoms with Gasteiger partial charge >= 0.3 is 0 Å². The van der Waals surface area contributed by atoms with Crippen LogP contribution in [0.4, 0.5) is 0 Å². The van der Waals surface area contributed by atoms with Gasteiger partial charge < -0.3 is 29.5 Å². The van der Waals surface area contributed by atoms with Crippen LogP contribution in [0, 0.1) is 5.92 Å². The van der Waals surface area contributed by atoms with E-state index in [1.807, 2.05) is 42.5 Å². The van der Waals surface area contributed by atoms with Crippen molar-refractivity contribution in [2.24, 2.45) is 5.92 Å². The topological polar surface area (TPSA) is 81.5 Å². The van der Waals surface area contributed by atoms with Crippen LogP contribution in [0.1, 0.15) is 49.3 Å². The fourth-order valence-corrected chi connectivity index (χ4v) is 5.87. The molecule has 1 saturated heterocycles. The van der Waals surface area contributed by atoms with Crippen LogP contribution in [0.3, 0.4) is 0 Å². The van der Waals surface area contributed by atoms with Crippen molar-refractivity contribution in [3.05, 3.63) is 53.6 Å². The normalized spacial score (nSPS) is 26.3. The lowest BCUT2D eigenvalue weighted by molar-refractivity contribution is -0.937. The number of quaternary nitrogens is 1. The molecule has 3 N–H and O–H groups in total. The lowest BCUT2D eigenvalue weighted by atomic mass is 9.66. The van der Waals surface area contributed by atoms with E-state index in [1.54, 1.807) is 21.3 Å². The van der Waals surface area contributed by atoms with Gasteiger partial charge in [-0.05, 0) is 30.5 Å². The van der Waals surface area contributed by atoms with E-state index in [0.717, 1.165) is 48.3 Å². The minimum atomic E-state index is -0.701. The highest BCUT2D eigenvalue weighted by Gasteiger charge is 2.52. The molecule has 1 aliphatic carbocycles. The number of amides is 1. The maximum absolute atomic E-state index is 13.0. The molecule has 4 rings (SSSR count). The Hall–Kier alpha value is -2.77. The largest absolute Gasteiger partial charge is 0.493 e. The number of aliphatic hydroxyl groups is 1. The number of benzene rings is 2. The highest BCUT2D eigenvalue weighted by Crippen LogP contribution is 2.47. The Bertz CT molecular complexity index is 957. The minimum Gasteiger partial charge on any atom is -0.493 e. The smallest absolute Gasteiger partial charge is 0.275 e. The van der Waals surface area contributed by atoms with Crippen LogP contribution in [0.2, 0.25) is 0 Å². The number of hydrogen-bond donors (Lipinski definition) is 3. The van der Waals surface area contributed by atoms with E-state index in [2.05, 4.69) is 5.32 Å². The molecule has 34 heavy (non-hydrogen) atoms. The zero-order valence-electron chi connectivity index (χ0n) is 20.4. The molecule has 1 amide bonds. The van der Waals surface area contributed by atoms with Crippen LogP contribution < -0.4 is 24.4 Å². The third-order valence-electron chi connectivity index (χ3n) is 7.55. The number of likely N-dealkylation sites (tertiary alicyclic amines) is 1. The molecule has 2 aromatic rings. The zero-order chi connectivity index (χ0) is 24.1. The van der Waals surface area contributed by atoms with Crippen LogP contribution in [0.25, 0.3) is 0 Å². The summed E-state index contributed by atoms with van der Waals surface area (Å²) in [6.45, 7) is 1.59. The zero-order valence-corrected chi connectivity index (χ0v) is 20.4. The van der Waals surface area contributed by atoms with E-state index in [0.29, 0.717) is 36.8 Å². The molecule has 1 heterocycles. The van der Waals surface area contributed by atoms with E-state index < -0.39 is 5.60 Å². The molecule has 2 aromatic carbocycles. The molecule has 2 fully saturated rings. The van der Waals surface area contributed by atoms with E-state index in [9.17, 15) is 9.90 Å². The lowest BCUT2D eigenvalue weighted by Gasteiger charge is -2.50. The molecular formula is C27H37N2O5+. The molecule has 1 aliphatic heterocycles. The summed E-state index contributed by atoms with van der Waals surface area (Å²) in [6, 6.07) is 13.8. The van der Waals surface area contributed by atoms with Crippen LogP contribution in [-0.2, 0) is 11.3 Å². The summed E-state index contributed by atoms with van der Waals surface area (Å²) in [6.07, 6.45) is 4.59. The van der Waals surface area contributed by atoms with Crippen LogP contribution in [0.5, 0.6) is 17.2 Å². The van der Waals surface area contributed by atoms with Crippen LogP contribution in [0.15, 0.2) is 42.5 Å². The van der Waals surface area contributed by atoms with Crippen molar-refractivity contribution in [3.63, 3.8) is 0 Å². The van der Waals surface area contributed by atoms with Gasteiger partial charge in [0.05, 0.1) is 33.5 Å². The van der Waals surface area contributed by atoms with E-state index in [1.165, 1.54) is 0 Å². The second-order valence-electron chi connectivity index (χ2n) is 9.49. The monoisotopic (exact) mass is 469 g/mol. The maximum Gasteiger partial charge on any atom is 0.275 e. The predicted octanol–water partition coefficient (Wildman–Crippen LogP) is 2.28. The quantitative estimate of drug-likeness (QED) is 0.553. The van der Waals surface area contributed by atoms with Crippen molar-refractivity contribution in [1.82, 2.24) is 5.32 Å². The number of carbonyl (C=O) groups is 1. The van der Waals surface area contributed by atoms with Gasteiger partial charge in [-0.2, -0.15) is 0 Å². The molecular weight excluding hydrogens is 432 g/mol. The molecule has 184 valence electrons. The SMILES string of the molecule is COc1cc([C@H]2[C@H]3CCCC[C@@]3(O)CC[NH+]2CC(=O)NCc2ccccc2)cc(OC)c1OC. The number of carbonyl (C=O) groups excluding carboxylic acids is 1. The summed E-state index contributed by atoms with van der Waals surface area (Å²) >= 11 is 0. The molecule has 0 bridgehead atoms. The summed E-state index contributed by atoms with van der Waals surface area (Å²) in [4.78, 5) is 14.1. The molecule has 0 radical (unpaired) electrons. The van der Waals surface area contributed by atoms with E-state index in [-0.39, 0.29) is 17.9 Å².